The number of fused-ring (bicyclic) bond motifs is 1. The summed E-state index contributed by atoms with van der Waals surface area (Å²) in [5, 5.41) is 19.8. The van der Waals surface area contributed by atoms with Crippen molar-refractivity contribution in [3.8, 4) is 11.4 Å². The van der Waals surface area contributed by atoms with Crippen molar-refractivity contribution in [3.05, 3.63) is 79.5 Å². The fraction of sp³-hybridized carbons (Fsp3) is 0.190. The van der Waals surface area contributed by atoms with E-state index in [0.29, 0.717) is 39.4 Å². The number of hydrogen-bond acceptors (Lipinski definition) is 6. The number of nitro benzene ring substituents is 1. The number of nitrogens with one attached hydrogen (secondary N) is 1. The first-order valence-electron chi connectivity index (χ1n) is 9.62. The number of non-ortho nitro benzene ring substituents is 1. The van der Waals surface area contributed by atoms with Crippen molar-refractivity contribution in [1.29, 1.82) is 0 Å². The van der Waals surface area contributed by atoms with Crippen LogP contribution in [0, 0.1) is 10.1 Å². The molecule has 0 saturated heterocycles. The minimum atomic E-state index is -0.524. The van der Waals surface area contributed by atoms with Crippen molar-refractivity contribution in [2.45, 2.75) is 25.3 Å². The Morgan fingerprint density at radius 3 is 2.58 bits per heavy atom. The van der Waals surface area contributed by atoms with Gasteiger partial charge in [-0.05, 0) is 48.7 Å². The summed E-state index contributed by atoms with van der Waals surface area (Å²) in [5.74, 6) is 0.965. The van der Waals surface area contributed by atoms with E-state index < -0.39 is 11.0 Å². The molecule has 0 fully saturated rings. The lowest BCUT2D eigenvalue weighted by Crippen LogP contribution is -2.31. The van der Waals surface area contributed by atoms with Crippen LogP contribution in [0.1, 0.15) is 30.9 Å². The molecule has 5 rings (SSSR count). The van der Waals surface area contributed by atoms with Gasteiger partial charge in [0.05, 0.1) is 15.0 Å². The summed E-state index contributed by atoms with van der Waals surface area (Å²) >= 11 is 12.2. The van der Waals surface area contributed by atoms with Crippen molar-refractivity contribution < 1.29 is 9.72 Å². The Labute approximate surface area is 186 Å². The number of rotatable bonds is 3. The number of anilines is 1. The van der Waals surface area contributed by atoms with Gasteiger partial charge in [-0.25, -0.2) is 4.68 Å². The molecule has 0 bridgehead atoms. The zero-order chi connectivity index (χ0) is 21.7. The summed E-state index contributed by atoms with van der Waals surface area (Å²) < 4.78 is 1.65. The number of carbonyl (C=O) groups is 1. The highest BCUT2D eigenvalue weighted by Crippen LogP contribution is 2.41. The van der Waals surface area contributed by atoms with Gasteiger partial charge in [0.15, 0.2) is 11.6 Å². The molecule has 3 aromatic rings. The van der Waals surface area contributed by atoms with Gasteiger partial charge in [-0.15, -0.1) is 5.10 Å². The van der Waals surface area contributed by atoms with Crippen LogP contribution in [-0.2, 0) is 4.79 Å². The van der Waals surface area contributed by atoms with E-state index in [4.69, 9.17) is 23.2 Å². The fourth-order valence-electron chi connectivity index (χ4n) is 4.00. The van der Waals surface area contributed by atoms with Crippen LogP contribution >= 0.6 is 23.2 Å². The summed E-state index contributed by atoms with van der Waals surface area (Å²) in [6, 6.07) is 10.8. The lowest BCUT2D eigenvalue weighted by atomic mass is 9.85. The maximum Gasteiger partial charge on any atom is 0.269 e. The average molecular weight is 456 g/mol. The Morgan fingerprint density at radius 1 is 1.10 bits per heavy atom. The van der Waals surface area contributed by atoms with Crippen LogP contribution in [0.25, 0.3) is 11.4 Å². The van der Waals surface area contributed by atoms with Crippen LogP contribution in [0.2, 0.25) is 10.0 Å². The number of carbonyl (C=O) groups excluding carboxylic acids is 1. The Morgan fingerprint density at radius 2 is 1.87 bits per heavy atom. The van der Waals surface area contributed by atoms with Gasteiger partial charge >= 0.3 is 0 Å². The van der Waals surface area contributed by atoms with E-state index in [-0.39, 0.29) is 11.5 Å². The zero-order valence-corrected chi connectivity index (χ0v) is 17.5. The van der Waals surface area contributed by atoms with Gasteiger partial charge in [-0.3, -0.25) is 14.9 Å². The Hall–Kier alpha value is -3.23. The number of benzene rings is 2. The molecule has 0 amide bonds. The highest BCUT2D eigenvalue weighted by atomic mass is 35.5. The third-order valence-corrected chi connectivity index (χ3v) is 6.20. The molecule has 8 nitrogen and oxygen atoms in total. The number of halogens is 2. The zero-order valence-electron chi connectivity index (χ0n) is 16.0. The largest absolute Gasteiger partial charge is 0.328 e. The van der Waals surface area contributed by atoms with E-state index in [1.54, 1.807) is 35.0 Å². The molecule has 1 unspecified atom stereocenters. The van der Waals surface area contributed by atoms with Gasteiger partial charge in [-0.1, -0.05) is 23.2 Å². The highest BCUT2D eigenvalue weighted by Gasteiger charge is 2.37. The second-order valence-electron chi connectivity index (χ2n) is 7.38. The summed E-state index contributed by atoms with van der Waals surface area (Å²) in [7, 11) is 0. The molecule has 1 N–H and O–H groups in total. The molecule has 0 saturated carbocycles. The first-order valence-corrected chi connectivity index (χ1v) is 10.4. The average Bonchev–Trinajstić information content (AvgIpc) is 3.18. The number of hydrogen-bond donors (Lipinski definition) is 1. The molecule has 2 aliphatic rings. The van der Waals surface area contributed by atoms with Crippen LogP contribution in [0.5, 0.6) is 0 Å². The fourth-order valence-corrected chi connectivity index (χ4v) is 4.30. The normalized spacial score (nSPS) is 17.7. The minimum Gasteiger partial charge on any atom is -0.328 e. The Bertz CT molecular complexity index is 1270. The van der Waals surface area contributed by atoms with Crippen LogP contribution in [-0.4, -0.2) is 25.5 Å². The molecule has 1 aliphatic heterocycles. The molecule has 2 heterocycles. The second kappa shape index (κ2) is 7.47. The van der Waals surface area contributed by atoms with Crippen molar-refractivity contribution in [1.82, 2.24) is 14.8 Å². The van der Waals surface area contributed by atoms with Crippen molar-refractivity contribution in [3.63, 3.8) is 0 Å². The topological polar surface area (TPSA) is 103 Å². The SMILES string of the molecule is O=C1CCCC2=C1C(c1ccc([N+](=O)[O-])cc1)n1nc(-c3ccc(Cl)c(Cl)c3)nc1N2. The van der Waals surface area contributed by atoms with Gasteiger partial charge in [0, 0.05) is 35.4 Å². The molecule has 0 radical (unpaired) electrons. The van der Waals surface area contributed by atoms with Crippen LogP contribution in [0.3, 0.4) is 0 Å². The van der Waals surface area contributed by atoms with Gasteiger partial charge < -0.3 is 5.32 Å². The van der Waals surface area contributed by atoms with E-state index in [1.807, 2.05) is 0 Å². The maximum absolute atomic E-state index is 12.9. The Balaban J connectivity index is 1.65. The second-order valence-corrected chi connectivity index (χ2v) is 8.19. The molecule has 31 heavy (non-hydrogen) atoms. The predicted molar refractivity (Wildman–Crippen MR) is 116 cm³/mol. The number of nitrogens with zero attached hydrogens (tertiary/aromatic N) is 4. The lowest BCUT2D eigenvalue weighted by Gasteiger charge is -2.32. The smallest absolute Gasteiger partial charge is 0.269 e. The summed E-state index contributed by atoms with van der Waals surface area (Å²) in [6.45, 7) is 0. The Kier molecular flexibility index (Phi) is 4.75. The van der Waals surface area contributed by atoms with E-state index in [0.717, 1.165) is 24.1 Å². The number of nitro groups is 1. The molecule has 10 heteroatoms. The van der Waals surface area contributed by atoms with E-state index in [2.05, 4.69) is 15.4 Å². The summed E-state index contributed by atoms with van der Waals surface area (Å²) in [4.78, 5) is 28.1. The van der Waals surface area contributed by atoms with E-state index in [9.17, 15) is 14.9 Å². The first kappa shape index (κ1) is 19.7. The molecule has 0 spiro atoms. The van der Waals surface area contributed by atoms with Gasteiger partial charge in [0.25, 0.3) is 5.69 Å². The molecule has 156 valence electrons. The standard InChI is InChI=1S/C21H15Cl2N5O3/c22-14-9-6-12(10-15(14)23)20-25-21-24-16-2-1-3-17(29)18(16)19(27(21)26-20)11-4-7-13(8-5-11)28(30)31/h4-10,19H,1-3H2,(H,24,25,26). The molecular formula is C21H15Cl2N5O3. The third-order valence-electron chi connectivity index (χ3n) is 5.47. The first-order chi connectivity index (χ1) is 14.9. The molecular weight excluding hydrogens is 441 g/mol. The molecule has 2 aromatic carbocycles. The van der Waals surface area contributed by atoms with Crippen LogP contribution < -0.4 is 5.32 Å². The quantitative estimate of drug-likeness (QED) is 0.430. The molecule has 1 atom stereocenters. The summed E-state index contributed by atoms with van der Waals surface area (Å²) in [5.41, 5.74) is 2.84. The van der Waals surface area contributed by atoms with Crippen LogP contribution in [0.4, 0.5) is 11.6 Å². The summed E-state index contributed by atoms with van der Waals surface area (Å²) in [6.07, 6.45) is 1.93. The van der Waals surface area contributed by atoms with Crippen molar-refractivity contribution >= 4 is 40.6 Å². The van der Waals surface area contributed by atoms with Crippen molar-refractivity contribution in [2.24, 2.45) is 0 Å². The molecule has 1 aromatic heterocycles. The number of allylic oxidation sites excluding steroid dienone is 2. The van der Waals surface area contributed by atoms with E-state index in [1.165, 1.54) is 12.1 Å². The van der Waals surface area contributed by atoms with Gasteiger partial charge in [-0.2, -0.15) is 4.98 Å². The number of Topliss-reactive ketones (excluding diaryl/α,β-unsaturated/α-hetero) is 1. The van der Waals surface area contributed by atoms with Gasteiger partial charge in [0.1, 0.15) is 6.04 Å². The van der Waals surface area contributed by atoms with Crippen molar-refractivity contribution in [2.75, 3.05) is 5.32 Å². The van der Waals surface area contributed by atoms with Gasteiger partial charge in [0.2, 0.25) is 5.95 Å². The number of aromatic nitrogens is 3. The molecule has 1 aliphatic carbocycles. The highest BCUT2D eigenvalue weighted by molar-refractivity contribution is 6.42. The van der Waals surface area contributed by atoms with Crippen LogP contribution in [0.15, 0.2) is 53.7 Å². The lowest BCUT2D eigenvalue weighted by molar-refractivity contribution is -0.384. The third kappa shape index (κ3) is 3.37. The predicted octanol–water partition coefficient (Wildman–Crippen LogP) is 5.18. The monoisotopic (exact) mass is 455 g/mol. The minimum absolute atomic E-state index is 0.0165. The maximum atomic E-state index is 12.9. The van der Waals surface area contributed by atoms with E-state index >= 15 is 0 Å². The number of ketones is 1.